The van der Waals surface area contributed by atoms with Crippen LogP contribution in [0.25, 0.3) is 0 Å². The molecule has 1 unspecified atom stereocenters. The van der Waals surface area contributed by atoms with E-state index in [-0.39, 0.29) is 12.0 Å². The molecule has 0 aliphatic carbocycles. The van der Waals surface area contributed by atoms with Gasteiger partial charge in [-0.25, -0.2) is 0 Å². The summed E-state index contributed by atoms with van der Waals surface area (Å²) in [6.07, 6.45) is 2.93. The Hall–Kier alpha value is -2.11. The molecule has 2 aromatic rings. The van der Waals surface area contributed by atoms with Crippen molar-refractivity contribution in [1.29, 1.82) is 0 Å². The van der Waals surface area contributed by atoms with Gasteiger partial charge >= 0.3 is 0 Å². The predicted molar refractivity (Wildman–Crippen MR) is 99.1 cm³/mol. The van der Waals surface area contributed by atoms with Crippen LogP contribution in [0.4, 0.5) is 0 Å². The molecular weight excluding hydrogens is 316 g/mol. The fourth-order valence-electron chi connectivity index (χ4n) is 2.48. The molecule has 136 valence electrons. The van der Waals surface area contributed by atoms with Crippen LogP contribution in [0.5, 0.6) is 11.5 Å². The zero-order chi connectivity index (χ0) is 18.3. The number of hydrogen-bond acceptors (Lipinski definition) is 5. The summed E-state index contributed by atoms with van der Waals surface area (Å²) in [5, 5.41) is 13.4. The van der Waals surface area contributed by atoms with Gasteiger partial charge in [0.25, 0.3) is 0 Å². The minimum atomic E-state index is -0.586. The first-order valence-electron chi connectivity index (χ1n) is 8.49. The molecule has 0 radical (unpaired) electrons. The van der Waals surface area contributed by atoms with E-state index in [2.05, 4.69) is 31.1 Å². The average molecular weight is 344 g/mol. The molecule has 5 heteroatoms. The maximum absolute atomic E-state index is 10.2. The molecule has 1 aromatic carbocycles. The van der Waals surface area contributed by atoms with Gasteiger partial charge in [0.15, 0.2) is 0 Å². The second-order valence-corrected chi connectivity index (χ2v) is 7.06. The first kappa shape index (κ1) is 19.2. The summed E-state index contributed by atoms with van der Waals surface area (Å²) < 4.78 is 11.2. The average Bonchev–Trinajstić information content (AvgIpc) is 2.60. The molecule has 5 nitrogen and oxygen atoms in total. The van der Waals surface area contributed by atoms with Gasteiger partial charge in [-0.05, 0) is 41.3 Å². The fraction of sp³-hybridized carbons (Fsp3) is 0.450. The third kappa shape index (κ3) is 6.03. The predicted octanol–water partition coefficient (Wildman–Crippen LogP) is 2.92. The SMILES string of the molecule is COc1ccc(OCC(O)CNCc2ccncc2)c(C(C)(C)C)c1. The third-order valence-electron chi connectivity index (χ3n) is 3.88. The van der Waals surface area contributed by atoms with Crippen LogP contribution in [0.15, 0.2) is 42.7 Å². The van der Waals surface area contributed by atoms with Crippen LogP contribution in [0.2, 0.25) is 0 Å². The Labute approximate surface area is 150 Å². The van der Waals surface area contributed by atoms with E-state index in [0.717, 1.165) is 22.6 Å². The lowest BCUT2D eigenvalue weighted by Crippen LogP contribution is -2.31. The summed E-state index contributed by atoms with van der Waals surface area (Å²) in [5.74, 6) is 1.58. The molecule has 0 spiro atoms. The Morgan fingerprint density at radius 2 is 1.88 bits per heavy atom. The molecule has 0 bridgehead atoms. The van der Waals surface area contributed by atoms with Gasteiger partial charge < -0.3 is 19.9 Å². The number of ether oxygens (including phenoxy) is 2. The number of pyridine rings is 1. The lowest BCUT2D eigenvalue weighted by atomic mass is 9.86. The van der Waals surface area contributed by atoms with Crippen LogP contribution in [-0.4, -0.2) is 36.5 Å². The van der Waals surface area contributed by atoms with E-state index in [4.69, 9.17) is 9.47 Å². The zero-order valence-corrected chi connectivity index (χ0v) is 15.5. The van der Waals surface area contributed by atoms with E-state index < -0.39 is 6.10 Å². The summed E-state index contributed by atoms with van der Waals surface area (Å²) in [6, 6.07) is 9.66. The van der Waals surface area contributed by atoms with Crippen LogP contribution < -0.4 is 14.8 Å². The molecule has 0 saturated heterocycles. The summed E-state index contributed by atoms with van der Waals surface area (Å²) in [7, 11) is 1.65. The van der Waals surface area contributed by atoms with Crippen LogP contribution in [0, 0.1) is 0 Å². The van der Waals surface area contributed by atoms with Crippen LogP contribution in [0.3, 0.4) is 0 Å². The first-order valence-corrected chi connectivity index (χ1v) is 8.49. The molecule has 2 N–H and O–H groups in total. The standard InChI is InChI=1S/C20H28N2O3/c1-20(2,3)18-11-17(24-4)5-6-19(18)25-14-16(23)13-22-12-15-7-9-21-10-8-15/h5-11,16,22-23H,12-14H2,1-4H3. The van der Waals surface area contributed by atoms with Gasteiger partial charge in [0.05, 0.1) is 7.11 Å². The van der Waals surface area contributed by atoms with Gasteiger partial charge in [-0.2, -0.15) is 0 Å². The fourth-order valence-corrected chi connectivity index (χ4v) is 2.48. The maximum atomic E-state index is 10.2. The summed E-state index contributed by atoms with van der Waals surface area (Å²) in [6.45, 7) is 7.77. The van der Waals surface area contributed by atoms with Gasteiger partial charge in [-0.3, -0.25) is 4.98 Å². The largest absolute Gasteiger partial charge is 0.497 e. The lowest BCUT2D eigenvalue weighted by molar-refractivity contribution is 0.105. The molecule has 0 amide bonds. The molecular formula is C20H28N2O3. The van der Waals surface area contributed by atoms with Crippen molar-refractivity contribution in [2.24, 2.45) is 0 Å². The van der Waals surface area contributed by atoms with Crippen molar-refractivity contribution >= 4 is 0 Å². The topological polar surface area (TPSA) is 63.6 Å². The molecule has 1 atom stereocenters. The highest BCUT2D eigenvalue weighted by molar-refractivity contribution is 5.44. The number of methoxy groups -OCH3 is 1. The molecule has 2 rings (SSSR count). The third-order valence-corrected chi connectivity index (χ3v) is 3.88. The summed E-state index contributed by atoms with van der Waals surface area (Å²) >= 11 is 0. The Morgan fingerprint density at radius 1 is 1.16 bits per heavy atom. The van der Waals surface area contributed by atoms with Crippen molar-refractivity contribution in [2.75, 3.05) is 20.3 Å². The van der Waals surface area contributed by atoms with Crippen molar-refractivity contribution in [3.63, 3.8) is 0 Å². The first-order chi connectivity index (χ1) is 11.9. The van der Waals surface area contributed by atoms with Crippen molar-refractivity contribution in [3.05, 3.63) is 53.9 Å². The second kappa shape index (κ2) is 8.83. The Morgan fingerprint density at radius 3 is 2.52 bits per heavy atom. The van der Waals surface area contributed by atoms with Gasteiger partial charge in [0, 0.05) is 31.0 Å². The molecule has 0 aliphatic heterocycles. The van der Waals surface area contributed by atoms with Crippen molar-refractivity contribution in [3.8, 4) is 11.5 Å². The molecule has 1 aromatic heterocycles. The van der Waals surface area contributed by atoms with Crippen molar-refractivity contribution in [1.82, 2.24) is 10.3 Å². The van der Waals surface area contributed by atoms with Crippen LogP contribution in [-0.2, 0) is 12.0 Å². The number of aliphatic hydroxyl groups excluding tert-OH is 1. The van der Waals surface area contributed by atoms with Gasteiger partial charge in [-0.1, -0.05) is 20.8 Å². The molecule has 0 saturated carbocycles. The van der Waals surface area contributed by atoms with Gasteiger partial charge in [0.2, 0.25) is 0 Å². The monoisotopic (exact) mass is 344 g/mol. The molecule has 1 heterocycles. The van der Waals surface area contributed by atoms with Gasteiger partial charge in [-0.15, -0.1) is 0 Å². The van der Waals surface area contributed by atoms with Crippen molar-refractivity contribution < 1.29 is 14.6 Å². The smallest absolute Gasteiger partial charge is 0.123 e. The number of aliphatic hydroxyl groups is 1. The minimum Gasteiger partial charge on any atom is -0.497 e. The highest BCUT2D eigenvalue weighted by Crippen LogP contribution is 2.34. The van der Waals surface area contributed by atoms with E-state index in [0.29, 0.717) is 13.1 Å². The Balaban J connectivity index is 1.87. The number of nitrogens with one attached hydrogen (secondary N) is 1. The normalized spacial score (nSPS) is 12.7. The number of hydrogen-bond donors (Lipinski definition) is 2. The van der Waals surface area contributed by atoms with E-state index >= 15 is 0 Å². The van der Waals surface area contributed by atoms with Crippen molar-refractivity contribution in [2.45, 2.75) is 38.8 Å². The van der Waals surface area contributed by atoms with E-state index in [1.807, 2.05) is 30.3 Å². The maximum Gasteiger partial charge on any atom is 0.123 e. The molecule has 0 aliphatic rings. The summed E-state index contributed by atoms with van der Waals surface area (Å²) in [5.41, 5.74) is 2.12. The number of nitrogens with zero attached hydrogens (tertiary/aromatic N) is 1. The van der Waals surface area contributed by atoms with Gasteiger partial charge in [0.1, 0.15) is 24.2 Å². The highest BCUT2D eigenvalue weighted by atomic mass is 16.5. The van der Waals surface area contributed by atoms with Crippen LogP contribution in [0.1, 0.15) is 31.9 Å². The lowest BCUT2D eigenvalue weighted by Gasteiger charge is -2.24. The Kier molecular flexibility index (Phi) is 6.79. The quantitative estimate of drug-likeness (QED) is 0.771. The summed E-state index contributed by atoms with van der Waals surface area (Å²) in [4.78, 5) is 3.99. The molecule has 25 heavy (non-hydrogen) atoms. The zero-order valence-electron chi connectivity index (χ0n) is 15.5. The second-order valence-electron chi connectivity index (χ2n) is 7.06. The number of rotatable bonds is 8. The minimum absolute atomic E-state index is 0.0750. The van der Waals surface area contributed by atoms with Crippen LogP contribution >= 0.6 is 0 Å². The Bertz CT molecular complexity index is 654. The number of aromatic nitrogens is 1. The van der Waals surface area contributed by atoms with E-state index in [1.54, 1.807) is 19.5 Å². The highest BCUT2D eigenvalue weighted by Gasteiger charge is 2.20. The van der Waals surface area contributed by atoms with E-state index in [1.165, 1.54) is 0 Å². The number of benzene rings is 1. The van der Waals surface area contributed by atoms with E-state index in [9.17, 15) is 5.11 Å². The molecule has 0 fully saturated rings.